The van der Waals surface area contributed by atoms with Gasteiger partial charge in [0.15, 0.2) is 0 Å². The van der Waals surface area contributed by atoms with E-state index in [1.54, 1.807) is 17.9 Å². The number of aryl methyl sites for hydroxylation is 2. The van der Waals surface area contributed by atoms with Crippen LogP contribution in [0.15, 0.2) is 6.20 Å². The van der Waals surface area contributed by atoms with Crippen LogP contribution in [0.25, 0.3) is 0 Å². The van der Waals surface area contributed by atoms with Crippen molar-refractivity contribution in [2.45, 2.75) is 32.6 Å². The van der Waals surface area contributed by atoms with Crippen LogP contribution in [0.4, 0.5) is 10.5 Å². The second-order valence-corrected chi connectivity index (χ2v) is 5.53. The van der Waals surface area contributed by atoms with Gasteiger partial charge in [0.2, 0.25) is 0 Å². The fraction of sp³-hybridized carbons (Fsp3) is 0.615. The predicted octanol–water partition coefficient (Wildman–Crippen LogP) is 1.50. The maximum Gasteiger partial charge on any atom is 0.319 e. The van der Waals surface area contributed by atoms with Gasteiger partial charge in [-0.1, -0.05) is 6.42 Å². The van der Waals surface area contributed by atoms with E-state index < -0.39 is 5.97 Å². The van der Waals surface area contributed by atoms with Crippen LogP contribution in [-0.4, -0.2) is 33.4 Å². The van der Waals surface area contributed by atoms with E-state index in [0.29, 0.717) is 12.2 Å². The van der Waals surface area contributed by atoms with Gasteiger partial charge < -0.3 is 15.7 Å². The van der Waals surface area contributed by atoms with Crippen LogP contribution >= 0.6 is 0 Å². The van der Waals surface area contributed by atoms with E-state index in [9.17, 15) is 9.59 Å². The Balaban J connectivity index is 1.86. The average molecular weight is 280 g/mol. The number of carbonyl (C=O) groups is 2. The molecule has 0 unspecified atom stereocenters. The summed E-state index contributed by atoms with van der Waals surface area (Å²) >= 11 is 0. The summed E-state index contributed by atoms with van der Waals surface area (Å²) < 4.78 is 1.63. The lowest BCUT2D eigenvalue weighted by Crippen LogP contribution is -2.44. The first-order valence-electron chi connectivity index (χ1n) is 6.67. The van der Waals surface area contributed by atoms with Gasteiger partial charge in [-0.2, -0.15) is 5.10 Å². The Hall–Kier alpha value is -2.05. The number of aromatic nitrogens is 2. The highest BCUT2D eigenvalue weighted by Gasteiger charge is 2.39. The number of carboxylic acid groups (broad SMARTS) is 1. The van der Waals surface area contributed by atoms with Crippen LogP contribution in [-0.2, 0) is 11.8 Å². The Morgan fingerprint density at radius 3 is 2.65 bits per heavy atom. The first kappa shape index (κ1) is 14.4. The third-order valence-electron chi connectivity index (χ3n) is 3.83. The molecule has 1 fully saturated rings. The van der Waals surface area contributed by atoms with Gasteiger partial charge in [0.25, 0.3) is 0 Å². The normalized spacial score (nSPS) is 16.3. The van der Waals surface area contributed by atoms with Crippen molar-refractivity contribution in [1.82, 2.24) is 15.1 Å². The lowest BCUT2D eigenvalue weighted by atomic mass is 9.66. The SMILES string of the molecule is Cc1nn(C)cc1NC(=O)NCC1(CC(=O)O)CCC1. The molecule has 0 saturated heterocycles. The second kappa shape index (κ2) is 5.52. The lowest BCUT2D eigenvalue weighted by Gasteiger charge is -2.40. The zero-order valence-electron chi connectivity index (χ0n) is 11.8. The number of amides is 2. The molecular formula is C13H20N4O3. The van der Waals surface area contributed by atoms with Crippen molar-refractivity contribution in [1.29, 1.82) is 0 Å². The summed E-state index contributed by atoms with van der Waals surface area (Å²) in [5.74, 6) is -0.810. The number of hydrogen-bond donors (Lipinski definition) is 3. The molecule has 0 spiro atoms. The molecule has 20 heavy (non-hydrogen) atoms. The van der Waals surface area contributed by atoms with Crippen molar-refractivity contribution in [2.24, 2.45) is 12.5 Å². The molecule has 0 atom stereocenters. The highest BCUT2D eigenvalue weighted by Crippen LogP contribution is 2.43. The number of anilines is 1. The van der Waals surface area contributed by atoms with Crippen molar-refractivity contribution in [3.8, 4) is 0 Å². The zero-order valence-corrected chi connectivity index (χ0v) is 11.8. The third kappa shape index (κ3) is 3.28. The molecule has 1 aliphatic rings. The summed E-state index contributed by atoms with van der Waals surface area (Å²) in [5.41, 5.74) is 1.13. The van der Waals surface area contributed by atoms with Gasteiger partial charge in [0.05, 0.1) is 17.8 Å². The molecule has 0 radical (unpaired) electrons. The van der Waals surface area contributed by atoms with Crippen LogP contribution < -0.4 is 10.6 Å². The van der Waals surface area contributed by atoms with Crippen LogP contribution in [0, 0.1) is 12.3 Å². The van der Waals surface area contributed by atoms with E-state index in [0.717, 1.165) is 25.0 Å². The van der Waals surface area contributed by atoms with Crippen LogP contribution in [0.2, 0.25) is 0 Å². The van der Waals surface area contributed by atoms with Crippen molar-refractivity contribution < 1.29 is 14.7 Å². The van der Waals surface area contributed by atoms with Gasteiger partial charge >= 0.3 is 12.0 Å². The van der Waals surface area contributed by atoms with Gasteiger partial charge in [0, 0.05) is 19.8 Å². The fourth-order valence-electron chi connectivity index (χ4n) is 2.57. The number of carboxylic acids is 1. The zero-order chi connectivity index (χ0) is 14.8. The maximum atomic E-state index is 11.8. The number of nitrogens with one attached hydrogen (secondary N) is 2. The number of aliphatic carboxylic acids is 1. The molecule has 2 rings (SSSR count). The average Bonchev–Trinajstić information content (AvgIpc) is 2.60. The number of rotatable bonds is 5. The minimum Gasteiger partial charge on any atom is -0.481 e. The Morgan fingerprint density at radius 1 is 1.50 bits per heavy atom. The minimum atomic E-state index is -0.810. The molecule has 1 aliphatic carbocycles. The minimum absolute atomic E-state index is 0.110. The second-order valence-electron chi connectivity index (χ2n) is 5.53. The molecule has 7 nitrogen and oxygen atoms in total. The molecule has 1 aromatic heterocycles. The van der Waals surface area contributed by atoms with Gasteiger partial charge in [-0.05, 0) is 25.2 Å². The number of hydrogen-bond acceptors (Lipinski definition) is 3. The standard InChI is InChI=1S/C13H20N4O3/c1-9-10(7-17(2)16-9)15-12(20)14-8-13(4-3-5-13)6-11(18)19/h7H,3-6,8H2,1-2H3,(H,18,19)(H2,14,15,20). The summed E-state index contributed by atoms with van der Waals surface area (Å²) in [6.07, 6.45) is 4.57. The molecule has 7 heteroatoms. The summed E-state index contributed by atoms with van der Waals surface area (Å²) in [7, 11) is 1.78. The topological polar surface area (TPSA) is 96.3 Å². The largest absolute Gasteiger partial charge is 0.481 e. The van der Waals surface area contributed by atoms with Gasteiger partial charge in [-0.3, -0.25) is 9.48 Å². The maximum absolute atomic E-state index is 11.8. The summed E-state index contributed by atoms with van der Waals surface area (Å²) in [5, 5.41) is 18.5. The first-order chi connectivity index (χ1) is 9.40. The molecule has 0 aliphatic heterocycles. The predicted molar refractivity (Wildman–Crippen MR) is 73.5 cm³/mol. The lowest BCUT2D eigenvalue weighted by molar-refractivity contribution is -0.141. The molecule has 110 valence electrons. The van der Waals surface area contributed by atoms with E-state index in [1.807, 2.05) is 6.92 Å². The number of nitrogens with zero attached hydrogens (tertiary/aromatic N) is 2. The van der Waals surface area contributed by atoms with E-state index in [2.05, 4.69) is 15.7 Å². The summed E-state index contributed by atoms with van der Waals surface area (Å²) in [6, 6.07) is -0.322. The highest BCUT2D eigenvalue weighted by atomic mass is 16.4. The van der Waals surface area contributed by atoms with Gasteiger partial charge in [0.1, 0.15) is 0 Å². The van der Waals surface area contributed by atoms with Crippen molar-refractivity contribution in [3.63, 3.8) is 0 Å². The van der Waals surface area contributed by atoms with Crippen LogP contribution in [0.5, 0.6) is 0 Å². The van der Waals surface area contributed by atoms with E-state index in [-0.39, 0.29) is 17.9 Å². The van der Waals surface area contributed by atoms with Crippen molar-refractivity contribution >= 4 is 17.7 Å². The molecule has 0 aromatic carbocycles. The number of urea groups is 1. The fourth-order valence-corrected chi connectivity index (χ4v) is 2.57. The van der Waals surface area contributed by atoms with E-state index in [4.69, 9.17) is 5.11 Å². The molecule has 1 saturated carbocycles. The molecule has 1 heterocycles. The van der Waals surface area contributed by atoms with Crippen LogP contribution in [0.3, 0.4) is 0 Å². The van der Waals surface area contributed by atoms with Crippen molar-refractivity contribution in [3.05, 3.63) is 11.9 Å². The van der Waals surface area contributed by atoms with Crippen molar-refractivity contribution in [2.75, 3.05) is 11.9 Å². The monoisotopic (exact) mass is 280 g/mol. The smallest absolute Gasteiger partial charge is 0.319 e. The highest BCUT2D eigenvalue weighted by molar-refractivity contribution is 5.89. The molecule has 0 bridgehead atoms. The molecular weight excluding hydrogens is 260 g/mol. The van der Waals surface area contributed by atoms with E-state index >= 15 is 0 Å². The summed E-state index contributed by atoms with van der Waals surface area (Å²) in [4.78, 5) is 22.7. The Labute approximate surface area is 117 Å². The Bertz CT molecular complexity index is 520. The number of carbonyl (C=O) groups excluding carboxylic acids is 1. The molecule has 1 aromatic rings. The Kier molecular flexibility index (Phi) is 3.96. The van der Waals surface area contributed by atoms with Crippen LogP contribution in [0.1, 0.15) is 31.4 Å². The first-order valence-corrected chi connectivity index (χ1v) is 6.67. The van der Waals surface area contributed by atoms with E-state index in [1.165, 1.54) is 0 Å². The van der Waals surface area contributed by atoms with Gasteiger partial charge in [-0.25, -0.2) is 4.79 Å². The Morgan fingerprint density at radius 2 is 2.20 bits per heavy atom. The quantitative estimate of drug-likeness (QED) is 0.761. The third-order valence-corrected chi connectivity index (χ3v) is 3.83. The van der Waals surface area contributed by atoms with Gasteiger partial charge in [-0.15, -0.1) is 0 Å². The molecule has 2 amide bonds. The summed E-state index contributed by atoms with van der Waals surface area (Å²) in [6.45, 7) is 2.21. The molecule has 3 N–H and O–H groups in total.